The molecule has 0 radical (unpaired) electrons. The van der Waals surface area contributed by atoms with E-state index in [9.17, 15) is 9.59 Å². The van der Waals surface area contributed by atoms with Gasteiger partial charge in [0, 0.05) is 18.0 Å². The number of nitrogens with one attached hydrogen (secondary N) is 1. The monoisotopic (exact) mass is 333 g/mol. The van der Waals surface area contributed by atoms with Crippen LogP contribution in [0.2, 0.25) is 0 Å². The second-order valence-corrected chi connectivity index (χ2v) is 6.45. The number of ether oxygens (including phenoxy) is 2. The molecule has 3 atom stereocenters. The summed E-state index contributed by atoms with van der Waals surface area (Å²) < 4.78 is 10.9. The zero-order valence-corrected chi connectivity index (χ0v) is 14.8. The minimum Gasteiger partial charge on any atom is -0.454 e. The van der Waals surface area contributed by atoms with Crippen LogP contribution in [0.5, 0.6) is 0 Å². The maximum absolute atomic E-state index is 11.8. The molecule has 5 nitrogen and oxygen atoms in total. The minimum absolute atomic E-state index is 0.00869. The molecule has 1 saturated heterocycles. The van der Waals surface area contributed by atoms with Crippen LogP contribution in [-0.2, 0) is 14.3 Å². The first-order valence-electron chi connectivity index (χ1n) is 8.62. The normalized spacial score (nSPS) is 28.0. The maximum atomic E-state index is 11.8. The van der Waals surface area contributed by atoms with Crippen molar-refractivity contribution in [2.45, 2.75) is 58.7 Å². The predicted octanol–water partition coefficient (Wildman–Crippen LogP) is 3.67. The van der Waals surface area contributed by atoms with Crippen LogP contribution >= 0.6 is 0 Å². The van der Waals surface area contributed by atoms with E-state index in [-0.39, 0.29) is 24.1 Å². The van der Waals surface area contributed by atoms with Crippen molar-refractivity contribution in [2.75, 3.05) is 6.54 Å². The standard InChI is InChI=1S/C19H27NO4/c1-5-20-19(22)23-14(4)15-8-6-7-12(2)11-17-16(10-9-15)13(3)18(21)24-17/h8,11,14,16-17H,3,5-7,9-10H2,1-2,4H3,(H,20,22)/b12-11?,15-8+/t14?,16-,17+/m1/s1. The van der Waals surface area contributed by atoms with Crippen molar-refractivity contribution < 1.29 is 19.1 Å². The summed E-state index contributed by atoms with van der Waals surface area (Å²) in [5.41, 5.74) is 2.82. The highest BCUT2D eigenvalue weighted by Crippen LogP contribution is 2.34. The van der Waals surface area contributed by atoms with E-state index in [1.807, 2.05) is 19.9 Å². The van der Waals surface area contributed by atoms with Gasteiger partial charge in [0.05, 0.1) is 0 Å². The summed E-state index contributed by atoms with van der Waals surface area (Å²) in [5.74, 6) is -0.309. The molecule has 0 saturated carbocycles. The van der Waals surface area contributed by atoms with Crippen molar-refractivity contribution in [2.24, 2.45) is 5.92 Å². The van der Waals surface area contributed by atoms with Crippen molar-refractivity contribution in [3.8, 4) is 0 Å². The Morgan fingerprint density at radius 2 is 2.25 bits per heavy atom. The van der Waals surface area contributed by atoms with Gasteiger partial charge in [0.15, 0.2) is 0 Å². The number of alkyl carbamates (subject to hydrolysis) is 1. The Balaban J connectivity index is 2.12. The molecule has 132 valence electrons. The highest BCUT2D eigenvalue weighted by Gasteiger charge is 2.37. The van der Waals surface area contributed by atoms with E-state index in [1.165, 1.54) is 5.57 Å². The molecule has 0 bridgehead atoms. The Bertz CT molecular complexity index is 576. The summed E-state index contributed by atoms with van der Waals surface area (Å²) in [4.78, 5) is 23.5. The predicted molar refractivity (Wildman–Crippen MR) is 92.4 cm³/mol. The van der Waals surface area contributed by atoms with Gasteiger partial charge in [0.25, 0.3) is 0 Å². The van der Waals surface area contributed by atoms with Crippen LogP contribution in [0.25, 0.3) is 0 Å². The van der Waals surface area contributed by atoms with Gasteiger partial charge in [0.2, 0.25) is 0 Å². The molecule has 5 heteroatoms. The third-order valence-electron chi connectivity index (χ3n) is 4.61. The van der Waals surface area contributed by atoms with Gasteiger partial charge in [-0.05, 0) is 58.1 Å². The van der Waals surface area contributed by atoms with Crippen LogP contribution in [0, 0.1) is 5.92 Å². The number of amides is 1. The third-order valence-corrected chi connectivity index (χ3v) is 4.61. The Hall–Kier alpha value is -2.04. The lowest BCUT2D eigenvalue weighted by Gasteiger charge is -2.22. The van der Waals surface area contributed by atoms with E-state index >= 15 is 0 Å². The Morgan fingerprint density at radius 1 is 1.50 bits per heavy atom. The van der Waals surface area contributed by atoms with Gasteiger partial charge in [-0.3, -0.25) is 0 Å². The minimum atomic E-state index is -0.402. The molecular formula is C19H27NO4. The summed E-state index contributed by atoms with van der Waals surface area (Å²) >= 11 is 0. The number of carbonyl (C=O) groups excluding carboxylic acids is 2. The molecule has 1 amide bonds. The van der Waals surface area contributed by atoms with Crippen molar-refractivity contribution in [1.29, 1.82) is 0 Å². The quantitative estimate of drug-likeness (QED) is 0.486. The van der Waals surface area contributed by atoms with E-state index in [4.69, 9.17) is 9.47 Å². The topological polar surface area (TPSA) is 64.6 Å². The summed E-state index contributed by atoms with van der Waals surface area (Å²) in [7, 11) is 0. The first-order valence-corrected chi connectivity index (χ1v) is 8.62. The molecule has 1 unspecified atom stereocenters. The van der Waals surface area contributed by atoms with Gasteiger partial charge < -0.3 is 14.8 Å². The van der Waals surface area contributed by atoms with Gasteiger partial charge in [-0.15, -0.1) is 0 Å². The fraction of sp³-hybridized carbons (Fsp3) is 0.579. The van der Waals surface area contributed by atoms with Gasteiger partial charge in [-0.25, -0.2) is 9.59 Å². The Labute approximate surface area is 143 Å². The van der Waals surface area contributed by atoms with Crippen molar-refractivity contribution >= 4 is 12.1 Å². The Morgan fingerprint density at radius 3 is 2.96 bits per heavy atom. The molecule has 1 heterocycles. The van der Waals surface area contributed by atoms with E-state index in [0.29, 0.717) is 12.1 Å². The lowest BCUT2D eigenvalue weighted by molar-refractivity contribution is -0.137. The fourth-order valence-electron chi connectivity index (χ4n) is 3.18. The van der Waals surface area contributed by atoms with Crippen molar-refractivity contribution in [1.82, 2.24) is 5.32 Å². The molecule has 2 aliphatic rings. The summed E-state index contributed by atoms with van der Waals surface area (Å²) in [6, 6.07) is 0. The maximum Gasteiger partial charge on any atom is 0.407 e. The van der Waals surface area contributed by atoms with Crippen molar-refractivity contribution in [3.63, 3.8) is 0 Å². The largest absolute Gasteiger partial charge is 0.454 e. The van der Waals surface area contributed by atoms with Crippen LogP contribution in [0.4, 0.5) is 4.79 Å². The van der Waals surface area contributed by atoms with E-state index in [0.717, 1.165) is 31.3 Å². The number of hydrogen-bond acceptors (Lipinski definition) is 4. The third kappa shape index (κ3) is 4.49. The SMILES string of the molecule is C=C1C(=O)O[C@H]2C=C(C)CC/C=C(/C(C)OC(=O)NCC)CC[C@H]12. The number of rotatable bonds is 3. The van der Waals surface area contributed by atoms with Crippen LogP contribution in [-0.4, -0.2) is 30.8 Å². The number of carbonyl (C=O) groups is 2. The average molecular weight is 333 g/mol. The number of hydrogen-bond donors (Lipinski definition) is 1. The zero-order valence-electron chi connectivity index (χ0n) is 14.8. The number of allylic oxidation sites excluding steroid dienone is 2. The molecular weight excluding hydrogens is 306 g/mol. The summed E-state index contributed by atoms with van der Waals surface area (Å²) in [5, 5.41) is 2.65. The molecule has 0 aromatic rings. The summed E-state index contributed by atoms with van der Waals surface area (Å²) in [6.07, 6.45) is 6.58. The fourth-order valence-corrected chi connectivity index (χ4v) is 3.18. The van der Waals surface area contributed by atoms with Crippen LogP contribution in [0.15, 0.2) is 35.5 Å². The van der Waals surface area contributed by atoms with Crippen molar-refractivity contribution in [3.05, 3.63) is 35.5 Å². The van der Waals surface area contributed by atoms with Gasteiger partial charge >= 0.3 is 12.1 Å². The van der Waals surface area contributed by atoms with Gasteiger partial charge in [-0.2, -0.15) is 0 Å². The van der Waals surface area contributed by atoms with Gasteiger partial charge in [-0.1, -0.05) is 18.2 Å². The Kier molecular flexibility index (Phi) is 6.23. The zero-order chi connectivity index (χ0) is 17.7. The number of esters is 1. The van der Waals surface area contributed by atoms with Crippen LogP contribution in [0.3, 0.4) is 0 Å². The molecule has 1 aliphatic heterocycles. The number of fused-ring (bicyclic) bond motifs is 1. The van der Waals surface area contributed by atoms with E-state index < -0.39 is 6.09 Å². The lowest BCUT2D eigenvalue weighted by Crippen LogP contribution is -2.28. The van der Waals surface area contributed by atoms with E-state index in [1.54, 1.807) is 0 Å². The van der Waals surface area contributed by atoms with Crippen LogP contribution in [0.1, 0.15) is 46.5 Å². The van der Waals surface area contributed by atoms with Gasteiger partial charge in [0.1, 0.15) is 12.2 Å². The molecule has 0 aromatic carbocycles. The first-order chi connectivity index (χ1) is 11.4. The second kappa shape index (κ2) is 8.18. The molecule has 0 spiro atoms. The lowest BCUT2D eigenvalue weighted by atomic mass is 9.87. The molecule has 2 rings (SSSR count). The molecule has 24 heavy (non-hydrogen) atoms. The molecule has 1 aliphatic carbocycles. The first kappa shape index (κ1) is 18.3. The van der Waals surface area contributed by atoms with Crippen LogP contribution < -0.4 is 5.32 Å². The molecule has 1 fully saturated rings. The second-order valence-electron chi connectivity index (χ2n) is 6.45. The smallest absolute Gasteiger partial charge is 0.407 e. The highest BCUT2D eigenvalue weighted by atomic mass is 16.6. The molecule has 0 aromatic heterocycles. The van der Waals surface area contributed by atoms with E-state index in [2.05, 4.69) is 24.9 Å². The highest BCUT2D eigenvalue weighted by molar-refractivity contribution is 5.91. The molecule has 1 N–H and O–H groups in total. The summed E-state index contributed by atoms with van der Waals surface area (Å²) in [6.45, 7) is 10.2. The average Bonchev–Trinajstić information content (AvgIpc) is 2.77.